The van der Waals surface area contributed by atoms with E-state index in [1.165, 1.54) is 49.8 Å². The molecule has 2 aliphatic rings. The number of aromatic nitrogens is 2. The minimum Gasteiger partial charge on any atom is -0.334 e. The number of rotatable bonds is 8. The Morgan fingerprint density at radius 1 is 1.11 bits per heavy atom. The van der Waals surface area contributed by atoms with E-state index in [4.69, 9.17) is 5.73 Å². The van der Waals surface area contributed by atoms with Crippen molar-refractivity contribution in [2.75, 3.05) is 19.6 Å². The van der Waals surface area contributed by atoms with Gasteiger partial charge in [-0.15, -0.1) is 0 Å². The van der Waals surface area contributed by atoms with Crippen molar-refractivity contribution in [1.82, 2.24) is 19.4 Å². The van der Waals surface area contributed by atoms with Gasteiger partial charge in [-0.2, -0.15) is 0 Å². The number of likely N-dealkylation sites (tertiary alicyclic amines) is 1. The van der Waals surface area contributed by atoms with Crippen molar-refractivity contribution in [3.05, 3.63) is 59.8 Å². The van der Waals surface area contributed by atoms with E-state index in [1.807, 2.05) is 49.6 Å². The summed E-state index contributed by atoms with van der Waals surface area (Å²) in [5, 5.41) is 1.15. The molecule has 6 nitrogen and oxygen atoms in total. The van der Waals surface area contributed by atoms with E-state index in [0.29, 0.717) is 23.2 Å². The lowest BCUT2D eigenvalue weighted by atomic mass is 9.83. The first kappa shape index (κ1) is 26.8. The SMILES string of the molecule is CC(C)N(C(=O)c1cc(F)ccc1-n1cc(C2CN(CCC3CCC(N)CC3)C2)c2ccncc21)C(C)C. The van der Waals surface area contributed by atoms with Crippen LogP contribution >= 0.6 is 0 Å². The first-order chi connectivity index (χ1) is 18.2. The molecule has 2 aromatic heterocycles. The van der Waals surface area contributed by atoms with Crippen LogP contribution in [0.2, 0.25) is 0 Å². The molecule has 5 rings (SSSR count). The molecule has 0 radical (unpaired) electrons. The predicted octanol–water partition coefficient (Wildman–Crippen LogP) is 5.73. The molecular formula is C31H42FN5O. The molecule has 38 heavy (non-hydrogen) atoms. The molecule has 2 fully saturated rings. The predicted molar refractivity (Wildman–Crippen MR) is 151 cm³/mol. The van der Waals surface area contributed by atoms with Gasteiger partial charge in [-0.25, -0.2) is 4.39 Å². The number of carbonyl (C=O) groups excluding carboxylic acids is 1. The van der Waals surface area contributed by atoms with Crippen LogP contribution in [0.15, 0.2) is 42.9 Å². The molecule has 1 aromatic carbocycles. The highest BCUT2D eigenvalue weighted by atomic mass is 19.1. The van der Waals surface area contributed by atoms with Crippen molar-refractivity contribution < 1.29 is 9.18 Å². The first-order valence-corrected chi connectivity index (χ1v) is 14.3. The van der Waals surface area contributed by atoms with Gasteiger partial charge in [0.15, 0.2) is 0 Å². The molecule has 0 unspecified atom stereocenters. The Balaban J connectivity index is 1.39. The smallest absolute Gasteiger partial charge is 0.256 e. The standard InChI is InChI=1S/C31H42FN5O/c1-20(2)37(21(3)4)31(38)27-15-24(32)7-10-29(27)36-19-28(26-11-13-34-16-30(26)36)23-17-35(18-23)14-12-22-5-8-25(33)9-6-22/h7,10-11,13,15-16,19-23,25H,5-6,8-9,12,14,17-18,33H2,1-4H3. The van der Waals surface area contributed by atoms with Gasteiger partial charge in [-0.3, -0.25) is 9.78 Å². The quantitative estimate of drug-likeness (QED) is 0.413. The third-order valence-electron chi connectivity index (χ3n) is 8.58. The molecule has 1 aliphatic carbocycles. The second-order valence-corrected chi connectivity index (χ2v) is 11.9. The molecule has 1 saturated heterocycles. The van der Waals surface area contributed by atoms with Gasteiger partial charge in [-0.1, -0.05) is 0 Å². The summed E-state index contributed by atoms with van der Waals surface area (Å²) < 4.78 is 16.5. The normalized spacial score (nSPS) is 20.8. The topological polar surface area (TPSA) is 67.4 Å². The lowest BCUT2D eigenvalue weighted by molar-refractivity contribution is 0.0643. The number of amides is 1. The number of hydrogen-bond donors (Lipinski definition) is 1. The Morgan fingerprint density at radius 2 is 1.82 bits per heavy atom. The molecule has 0 bridgehead atoms. The average molecular weight is 520 g/mol. The summed E-state index contributed by atoms with van der Waals surface area (Å²) in [5.74, 6) is 0.681. The fourth-order valence-electron chi connectivity index (χ4n) is 6.51. The van der Waals surface area contributed by atoms with Gasteiger partial charge in [0.05, 0.1) is 23.0 Å². The number of nitrogens with two attached hydrogens (primary N) is 1. The van der Waals surface area contributed by atoms with Crippen molar-refractivity contribution in [2.45, 2.75) is 83.8 Å². The van der Waals surface area contributed by atoms with Crippen LogP contribution in [0.4, 0.5) is 4.39 Å². The van der Waals surface area contributed by atoms with Crippen LogP contribution in [-0.2, 0) is 0 Å². The summed E-state index contributed by atoms with van der Waals surface area (Å²) in [6, 6.07) is 7.01. The first-order valence-electron chi connectivity index (χ1n) is 14.3. The maximum Gasteiger partial charge on any atom is 0.256 e. The van der Waals surface area contributed by atoms with Gasteiger partial charge in [0.25, 0.3) is 5.91 Å². The minimum atomic E-state index is -0.408. The fraction of sp³-hybridized carbons (Fsp3) is 0.548. The van der Waals surface area contributed by atoms with E-state index in [1.54, 1.807) is 6.07 Å². The van der Waals surface area contributed by atoms with Crippen LogP contribution in [0.5, 0.6) is 0 Å². The molecule has 0 spiro atoms. The molecule has 3 aromatic rings. The zero-order valence-corrected chi connectivity index (χ0v) is 23.2. The Bertz CT molecular complexity index is 1260. The highest BCUT2D eigenvalue weighted by Gasteiger charge is 2.32. The molecule has 204 valence electrons. The monoisotopic (exact) mass is 519 g/mol. The van der Waals surface area contributed by atoms with E-state index >= 15 is 0 Å². The average Bonchev–Trinajstić information content (AvgIpc) is 3.23. The Labute approximate surface area is 226 Å². The summed E-state index contributed by atoms with van der Waals surface area (Å²) in [6.07, 6.45) is 12.0. The van der Waals surface area contributed by atoms with Crippen LogP contribution in [0.25, 0.3) is 16.6 Å². The Hall–Kier alpha value is -2.77. The molecule has 1 aliphatic heterocycles. The van der Waals surface area contributed by atoms with Gasteiger partial charge >= 0.3 is 0 Å². The van der Waals surface area contributed by atoms with E-state index in [0.717, 1.165) is 36.5 Å². The molecule has 2 N–H and O–H groups in total. The largest absolute Gasteiger partial charge is 0.334 e. The number of fused-ring (bicyclic) bond motifs is 1. The Kier molecular flexibility index (Phi) is 7.87. The maximum absolute atomic E-state index is 14.5. The van der Waals surface area contributed by atoms with E-state index < -0.39 is 5.82 Å². The summed E-state index contributed by atoms with van der Waals surface area (Å²) in [6.45, 7) is 11.2. The highest BCUT2D eigenvalue weighted by Crippen LogP contribution is 2.36. The van der Waals surface area contributed by atoms with Gasteiger partial charge in [-0.05, 0) is 102 Å². The van der Waals surface area contributed by atoms with Crippen molar-refractivity contribution in [3.63, 3.8) is 0 Å². The molecule has 1 saturated carbocycles. The molecule has 0 atom stereocenters. The van der Waals surface area contributed by atoms with Crippen molar-refractivity contribution in [1.29, 1.82) is 0 Å². The van der Waals surface area contributed by atoms with Gasteiger partial charge < -0.3 is 20.1 Å². The fourth-order valence-corrected chi connectivity index (χ4v) is 6.51. The molecule has 3 heterocycles. The van der Waals surface area contributed by atoms with E-state index in [9.17, 15) is 9.18 Å². The molecular weight excluding hydrogens is 477 g/mol. The molecule has 7 heteroatoms. The van der Waals surface area contributed by atoms with Gasteiger partial charge in [0, 0.05) is 54.9 Å². The van der Waals surface area contributed by atoms with Crippen LogP contribution in [-0.4, -0.2) is 63.0 Å². The van der Waals surface area contributed by atoms with Crippen LogP contribution in [0.3, 0.4) is 0 Å². The van der Waals surface area contributed by atoms with Gasteiger partial charge in [0.1, 0.15) is 5.82 Å². The lowest BCUT2D eigenvalue weighted by Crippen LogP contribution is -2.45. The minimum absolute atomic E-state index is 0.00329. The van der Waals surface area contributed by atoms with E-state index in [-0.39, 0.29) is 18.0 Å². The van der Waals surface area contributed by atoms with Crippen LogP contribution < -0.4 is 5.73 Å². The number of halogens is 1. The number of carbonyl (C=O) groups is 1. The number of hydrogen-bond acceptors (Lipinski definition) is 4. The second kappa shape index (κ2) is 11.1. The number of pyridine rings is 1. The summed E-state index contributed by atoms with van der Waals surface area (Å²) in [4.78, 5) is 22.5. The van der Waals surface area contributed by atoms with Crippen molar-refractivity contribution in [2.24, 2.45) is 11.7 Å². The highest BCUT2D eigenvalue weighted by molar-refractivity contribution is 5.99. The maximum atomic E-state index is 14.5. The zero-order chi connectivity index (χ0) is 27.0. The van der Waals surface area contributed by atoms with Crippen LogP contribution in [0, 0.1) is 11.7 Å². The molecule has 1 amide bonds. The lowest BCUT2D eigenvalue weighted by Gasteiger charge is -2.40. The number of benzene rings is 1. The third-order valence-corrected chi connectivity index (χ3v) is 8.58. The van der Waals surface area contributed by atoms with E-state index in [2.05, 4.69) is 22.1 Å². The third kappa shape index (κ3) is 5.36. The summed E-state index contributed by atoms with van der Waals surface area (Å²) in [7, 11) is 0. The Morgan fingerprint density at radius 3 is 2.50 bits per heavy atom. The second-order valence-electron chi connectivity index (χ2n) is 11.9. The van der Waals surface area contributed by atoms with Gasteiger partial charge in [0.2, 0.25) is 0 Å². The summed E-state index contributed by atoms with van der Waals surface area (Å²) >= 11 is 0. The van der Waals surface area contributed by atoms with Crippen LogP contribution in [0.1, 0.15) is 81.6 Å². The zero-order valence-electron chi connectivity index (χ0n) is 23.2. The number of nitrogens with zero attached hydrogens (tertiary/aromatic N) is 4. The summed E-state index contributed by atoms with van der Waals surface area (Å²) in [5.41, 5.74) is 9.37. The van der Waals surface area contributed by atoms with Crippen molar-refractivity contribution >= 4 is 16.8 Å². The van der Waals surface area contributed by atoms with Crippen molar-refractivity contribution in [3.8, 4) is 5.69 Å².